The zero-order valence-electron chi connectivity index (χ0n) is 32.6. The molecule has 15 heteroatoms. The molecule has 5 heterocycles. The molecule has 5 aromatic rings. The maximum atomic E-state index is 12.9. The van der Waals surface area contributed by atoms with Gasteiger partial charge in [-0.15, -0.1) is 10.2 Å². The van der Waals surface area contributed by atoms with E-state index in [-0.39, 0.29) is 35.8 Å². The van der Waals surface area contributed by atoms with Gasteiger partial charge in [0.05, 0.1) is 28.6 Å². The summed E-state index contributed by atoms with van der Waals surface area (Å²) in [6.07, 6.45) is 10.3. The Hall–Kier alpha value is -4.54. The Morgan fingerprint density at radius 3 is 2.61 bits per heavy atom. The Balaban J connectivity index is 0.925. The average Bonchev–Trinajstić information content (AvgIpc) is 3.78. The molecule has 57 heavy (non-hydrogen) atoms. The highest BCUT2D eigenvalue weighted by Gasteiger charge is 2.58. The van der Waals surface area contributed by atoms with E-state index >= 15 is 0 Å². The van der Waals surface area contributed by atoms with Crippen LogP contribution in [0, 0.1) is 37.0 Å². The number of anilines is 4. The van der Waals surface area contributed by atoms with Crippen molar-refractivity contribution in [3.05, 3.63) is 65.1 Å². The number of aromatic nitrogens is 6. The fourth-order valence-electron chi connectivity index (χ4n) is 10.7. The fraction of sp³-hybridized carbons (Fsp3) is 0.524. The van der Waals surface area contributed by atoms with Crippen molar-refractivity contribution in [2.75, 3.05) is 49.7 Å². The maximum absolute atomic E-state index is 12.9. The number of para-hydroxylation sites is 1. The van der Waals surface area contributed by atoms with Crippen LogP contribution in [0.15, 0.2) is 42.6 Å². The van der Waals surface area contributed by atoms with Gasteiger partial charge in [0.1, 0.15) is 5.82 Å². The largest absolute Gasteiger partial charge is 0.476 e. The number of ether oxygens (including phenoxy) is 1. The molecule has 300 valence electrons. The normalized spacial score (nSPS) is 23.8. The topological polar surface area (TPSA) is 184 Å². The number of aromatic carboxylic acids is 1. The summed E-state index contributed by atoms with van der Waals surface area (Å²) < 4.78 is 9.90. The molecule has 5 N–H and O–H groups in total. The molecule has 5 aliphatic rings. The van der Waals surface area contributed by atoms with E-state index in [0.29, 0.717) is 61.1 Å². The number of aliphatic hydroxyl groups excluding tert-OH is 2. The predicted octanol–water partition coefficient (Wildman–Crippen LogP) is 6.03. The lowest BCUT2D eigenvalue weighted by Gasteiger charge is -2.61. The number of nitrogens with one attached hydrogen (secondary N) is 2. The lowest BCUT2D eigenvalue weighted by molar-refractivity contribution is -0.196. The molecule has 1 aromatic carbocycles. The zero-order chi connectivity index (χ0) is 39.3. The summed E-state index contributed by atoms with van der Waals surface area (Å²) in [7, 11) is 0. The van der Waals surface area contributed by atoms with E-state index in [2.05, 4.69) is 25.5 Å². The van der Waals surface area contributed by atoms with E-state index in [9.17, 15) is 20.1 Å². The molecule has 4 aliphatic carbocycles. The molecule has 1 aliphatic heterocycles. The molecule has 0 spiro atoms. The predicted molar refractivity (Wildman–Crippen MR) is 218 cm³/mol. The Morgan fingerprint density at radius 2 is 1.84 bits per heavy atom. The average molecular weight is 794 g/mol. The quantitative estimate of drug-likeness (QED) is 0.0775. The number of aliphatic hydroxyl groups is 2. The molecular weight excluding hydrogens is 743 g/mol. The minimum absolute atomic E-state index is 0.0128. The highest BCUT2D eigenvalue weighted by molar-refractivity contribution is 7.22. The maximum Gasteiger partial charge on any atom is 0.355 e. The van der Waals surface area contributed by atoms with Crippen molar-refractivity contribution in [1.29, 1.82) is 0 Å². The number of thiazole rings is 1. The number of carboxylic acids is 1. The third-order valence-electron chi connectivity index (χ3n) is 12.9. The second-order valence-corrected chi connectivity index (χ2v) is 18.0. The van der Waals surface area contributed by atoms with Gasteiger partial charge < -0.3 is 35.6 Å². The van der Waals surface area contributed by atoms with E-state index in [1.54, 1.807) is 17.5 Å². The highest BCUT2D eigenvalue weighted by atomic mass is 32.1. The van der Waals surface area contributed by atoms with Crippen LogP contribution in [0.25, 0.3) is 21.3 Å². The third-order valence-corrected chi connectivity index (χ3v) is 13.9. The van der Waals surface area contributed by atoms with Gasteiger partial charge in [-0.3, -0.25) is 4.68 Å². The van der Waals surface area contributed by atoms with Crippen LogP contribution in [-0.4, -0.2) is 96.3 Å². The molecule has 0 amide bonds. The van der Waals surface area contributed by atoms with E-state index < -0.39 is 5.97 Å². The molecule has 4 saturated carbocycles. The number of nitrogens with zero attached hydrogens (tertiary/aromatic N) is 7. The summed E-state index contributed by atoms with van der Waals surface area (Å²) in [6.45, 7) is 7.26. The molecular formula is C42H51N9O5S. The van der Waals surface area contributed by atoms with Gasteiger partial charge in [-0.05, 0) is 107 Å². The second-order valence-electron chi connectivity index (χ2n) is 16.9. The third kappa shape index (κ3) is 7.28. The summed E-state index contributed by atoms with van der Waals surface area (Å²) in [5, 5.41) is 50.9. The fourth-order valence-corrected chi connectivity index (χ4v) is 11.5. The molecule has 2 unspecified atom stereocenters. The molecule has 10 rings (SSSR count). The smallest absolute Gasteiger partial charge is 0.355 e. The van der Waals surface area contributed by atoms with Crippen LogP contribution < -0.4 is 15.5 Å². The molecule has 0 radical (unpaired) electrons. The number of hydrogen-bond acceptors (Lipinski definition) is 13. The Kier molecular flexibility index (Phi) is 10.2. The van der Waals surface area contributed by atoms with E-state index in [1.165, 1.54) is 6.42 Å². The van der Waals surface area contributed by atoms with Gasteiger partial charge in [-0.2, -0.15) is 5.10 Å². The number of hydrogen-bond donors (Lipinski definition) is 5. The van der Waals surface area contributed by atoms with E-state index in [0.717, 1.165) is 89.2 Å². The molecule has 0 saturated heterocycles. The van der Waals surface area contributed by atoms with E-state index in [1.807, 2.05) is 55.1 Å². The number of carboxylic acid groups (broad SMARTS) is 1. The number of pyridine rings is 1. The first-order chi connectivity index (χ1) is 27.6. The van der Waals surface area contributed by atoms with Crippen molar-refractivity contribution in [2.45, 2.75) is 77.4 Å². The number of benzene rings is 1. The van der Waals surface area contributed by atoms with Crippen LogP contribution in [0.3, 0.4) is 0 Å². The number of rotatable bonds is 15. The lowest BCUT2D eigenvalue weighted by atomic mass is 9.48. The van der Waals surface area contributed by atoms with Crippen molar-refractivity contribution < 1.29 is 24.9 Å². The van der Waals surface area contributed by atoms with Crippen LogP contribution >= 0.6 is 11.3 Å². The van der Waals surface area contributed by atoms with Crippen LogP contribution in [0.2, 0.25) is 0 Å². The molecule has 14 nitrogen and oxygen atoms in total. The number of carbonyl (C=O) groups is 1. The van der Waals surface area contributed by atoms with Crippen molar-refractivity contribution in [1.82, 2.24) is 35.3 Å². The van der Waals surface area contributed by atoms with Crippen molar-refractivity contribution in [3.8, 4) is 11.1 Å². The first-order valence-electron chi connectivity index (χ1n) is 20.3. The highest BCUT2D eigenvalue weighted by Crippen LogP contribution is 2.63. The summed E-state index contributed by atoms with van der Waals surface area (Å²) >= 11 is 1.57. The first-order valence-corrected chi connectivity index (χ1v) is 21.1. The lowest BCUT2D eigenvalue weighted by Crippen LogP contribution is -2.58. The molecule has 2 atom stereocenters. The first kappa shape index (κ1) is 38.0. The van der Waals surface area contributed by atoms with Gasteiger partial charge in [0.15, 0.2) is 22.5 Å². The van der Waals surface area contributed by atoms with Crippen molar-refractivity contribution >= 4 is 50.1 Å². The summed E-state index contributed by atoms with van der Waals surface area (Å²) in [5.74, 6) is 1.90. The van der Waals surface area contributed by atoms with Crippen molar-refractivity contribution in [3.63, 3.8) is 0 Å². The van der Waals surface area contributed by atoms with Crippen LogP contribution in [-0.2, 0) is 17.7 Å². The second kappa shape index (κ2) is 15.3. The number of fused-ring (bicyclic) bond motifs is 2. The summed E-state index contributed by atoms with van der Waals surface area (Å²) in [5.41, 5.74) is 5.16. The molecule has 4 aromatic heterocycles. The standard InChI is InChI=1S/C42H51N9O5S/c1-25-30-6-5-12-50(38(30)49-48-37(25)47-40-45-33-7-3-4-8-34(33)57-40)35-10-9-31(36(46-35)39(54)55)32-20-44-51(26(32)2)24-41-15-27-14-28(16-41)18-42(17-27,23-41)56-13-11-43-19-29(21-52)22-53/h3-4,7-10,20,27-29,43,52-53H,5-6,11-19,21-24H2,1-2H3,(H,54,55)(H,45,47,48). The van der Waals surface area contributed by atoms with E-state index in [4.69, 9.17) is 19.8 Å². The summed E-state index contributed by atoms with van der Waals surface area (Å²) in [6, 6.07) is 11.8. The Morgan fingerprint density at radius 1 is 1.04 bits per heavy atom. The SMILES string of the molecule is Cc1c(Nc2nc3ccccc3s2)nnc2c1CCCN2c1ccc(-c2cnn(CC34CC5CC(C3)CC(OCCNCC(CO)CO)(C5)C4)c2C)c(C(=O)O)n1. The molecule has 4 bridgehead atoms. The minimum atomic E-state index is -1.09. The van der Waals surface area contributed by atoms with Gasteiger partial charge in [0.25, 0.3) is 0 Å². The van der Waals surface area contributed by atoms with Crippen LogP contribution in [0.4, 0.5) is 22.6 Å². The van der Waals surface area contributed by atoms with Gasteiger partial charge in [0.2, 0.25) is 0 Å². The zero-order valence-corrected chi connectivity index (χ0v) is 33.4. The van der Waals surface area contributed by atoms with Gasteiger partial charge in [-0.1, -0.05) is 23.5 Å². The monoisotopic (exact) mass is 793 g/mol. The van der Waals surface area contributed by atoms with Crippen LogP contribution in [0.1, 0.15) is 72.3 Å². The van der Waals surface area contributed by atoms with Gasteiger partial charge in [0, 0.05) is 73.3 Å². The minimum Gasteiger partial charge on any atom is -0.476 e. The van der Waals surface area contributed by atoms with Gasteiger partial charge >= 0.3 is 5.97 Å². The van der Waals surface area contributed by atoms with Gasteiger partial charge in [-0.25, -0.2) is 14.8 Å². The molecule has 4 fully saturated rings. The summed E-state index contributed by atoms with van der Waals surface area (Å²) in [4.78, 5) is 24.3. The van der Waals surface area contributed by atoms with Crippen LogP contribution in [0.5, 0.6) is 0 Å². The Bertz CT molecular complexity index is 2240. The van der Waals surface area contributed by atoms with Crippen molar-refractivity contribution in [2.24, 2.45) is 23.2 Å². The Labute approximate surface area is 335 Å².